The first kappa shape index (κ1) is 13.6. The standard InChI is InChI=1S/C13H20N2O2/c1-5-8(2)13-14-9(3)11(10(4)15-13)6-7-12(16)17/h8H,5-7H2,1-4H3,(H,16,17). The molecule has 1 rings (SSSR count). The molecule has 0 bridgehead atoms. The fraction of sp³-hybridized carbons (Fsp3) is 0.615. The molecule has 4 nitrogen and oxygen atoms in total. The van der Waals surface area contributed by atoms with Crippen LogP contribution >= 0.6 is 0 Å². The normalized spacial score (nSPS) is 12.5. The Morgan fingerprint density at radius 1 is 1.29 bits per heavy atom. The molecule has 1 atom stereocenters. The summed E-state index contributed by atoms with van der Waals surface area (Å²) in [6.45, 7) is 8.07. The van der Waals surface area contributed by atoms with E-state index in [0.717, 1.165) is 29.2 Å². The van der Waals surface area contributed by atoms with Crippen molar-refractivity contribution in [1.82, 2.24) is 9.97 Å². The van der Waals surface area contributed by atoms with Gasteiger partial charge in [-0.25, -0.2) is 9.97 Å². The molecule has 0 radical (unpaired) electrons. The number of rotatable bonds is 5. The minimum Gasteiger partial charge on any atom is -0.481 e. The van der Waals surface area contributed by atoms with E-state index in [0.29, 0.717) is 12.3 Å². The molecule has 0 aliphatic rings. The van der Waals surface area contributed by atoms with E-state index < -0.39 is 5.97 Å². The molecule has 0 aliphatic heterocycles. The largest absolute Gasteiger partial charge is 0.481 e. The predicted octanol–water partition coefficient (Wildman–Crippen LogP) is 2.62. The molecule has 94 valence electrons. The van der Waals surface area contributed by atoms with Gasteiger partial charge in [0.05, 0.1) is 0 Å². The monoisotopic (exact) mass is 236 g/mol. The quantitative estimate of drug-likeness (QED) is 0.853. The Labute approximate surface area is 102 Å². The highest BCUT2D eigenvalue weighted by Crippen LogP contribution is 2.19. The van der Waals surface area contributed by atoms with Gasteiger partial charge in [-0.1, -0.05) is 13.8 Å². The maximum atomic E-state index is 10.6. The summed E-state index contributed by atoms with van der Waals surface area (Å²) in [6, 6.07) is 0. The average molecular weight is 236 g/mol. The number of carboxylic acid groups (broad SMARTS) is 1. The van der Waals surface area contributed by atoms with Crippen molar-refractivity contribution in [2.45, 2.75) is 52.9 Å². The number of hydrogen-bond donors (Lipinski definition) is 1. The van der Waals surface area contributed by atoms with Crippen molar-refractivity contribution in [2.24, 2.45) is 0 Å². The summed E-state index contributed by atoms with van der Waals surface area (Å²) < 4.78 is 0. The number of hydrogen-bond acceptors (Lipinski definition) is 3. The lowest BCUT2D eigenvalue weighted by atomic mass is 10.0. The molecule has 1 N–H and O–H groups in total. The van der Waals surface area contributed by atoms with E-state index >= 15 is 0 Å². The molecular formula is C13H20N2O2. The predicted molar refractivity (Wildman–Crippen MR) is 66.2 cm³/mol. The van der Waals surface area contributed by atoms with Crippen LogP contribution in [0, 0.1) is 13.8 Å². The van der Waals surface area contributed by atoms with Gasteiger partial charge in [0.25, 0.3) is 0 Å². The SMILES string of the molecule is CCC(C)c1nc(C)c(CCC(=O)O)c(C)n1. The van der Waals surface area contributed by atoms with E-state index in [-0.39, 0.29) is 6.42 Å². The molecular weight excluding hydrogens is 216 g/mol. The van der Waals surface area contributed by atoms with Gasteiger partial charge >= 0.3 is 5.97 Å². The second-order valence-corrected chi connectivity index (χ2v) is 4.43. The van der Waals surface area contributed by atoms with Gasteiger partial charge in [-0.2, -0.15) is 0 Å². The number of aryl methyl sites for hydroxylation is 2. The molecule has 0 aromatic carbocycles. The molecule has 1 heterocycles. The Kier molecular flexibility index (Phi) is 4.61. The summed E-state index contributed by atoms with van der Waals surface area (Å²) >= 11 is 0. The zero-order valence-corrected chi connectivity index (χ0v) is 10.9. The van der Waals surface area contributed by atoms with E-state index in [1.54, 1.807) is 0 Å². The van der Waals surface area contributed by atoms with Gasteiger partial charge in [0.1, 0.15) is 5.82 Å². The van der Waals surface area contributed by atoms with Crippen molar-refractivity contribution in [2.75, 3.05) is 0 Å². The third-order valence-corrected chi connectivity index (χ3v) is 3.08. The Morgan fingerprint density at radius 3 is 2.24 bits per heavy atom. The molecule has 17 heavy (non-hydrogen) atoms. The smallest absolute Gasteiger partial charge is 0.303 e. The Hall–Kier alpha value is -1.45. The van der Waals surface area contributed by atoms with Crippen LogP contribution in [0.3, 0.4) is 0 Å². The van der Waals surface area contributed by atoms with Gasteiger partial charge in [0.2, 0.25) is 0 Å². The van der Waals surface area contributed by atoms with Crippen molar-refractivity contribution < 1.29 is 9.90 Å². The summed E-state index contributed by atoms with van der Waals surface area (Å²) in [4.78, 5) is 19.5. The lowest BCUT2D eigenvalue weighted by Crippen LogP contribution is -2.09. The third kappa shape index (κ3) is 3.51. The van der Waals surface area contributed by atoms with E-state index in [4.69, 9.17) is 5.11 Å². The Balaban J connectivity index is 2.97. The highest BCUT2D eigenvalue weighted by Gasteiger charge is 2.13. The van der Waals surface area contributed by atoms with Gasteiger partial charge in [-0.3, -0.25) is 4.79 Å². The molecule has 0 fully saturated rings. The summed E-state index contributed by atoms with van der Waals surface area (Å²) in [7, 11) is 0. The summed E-state index contributed by atoms with van der Waals surface area (Å²) in [5.41, 5.74) is 2.79. The topological polar surface area (TPSA) is 63.1 Å². The maximum Gasteiger partial charge on any atom is 0.303 e. The van der Waals surface area contributed by atoms with Crippen molar-refractivity contribution >= 4 is 5.97 Å². The first-order valence-corrected chi connectivity index (χ1v) is 6.01. The van der Waals surface area contributed by atoms with Crippen LogP contribution in [-0.4, -0.2) is 21.0 Å². The van der Waals surface area contributed by atoms with Crippen LogP contribution in [0.2, 0.25) is 0 Å². The Bertz CT molecular complexity index is 393. The fourth-order valence-electron chi connectivity index (χ4n) is 1.76. The van der Waals surface area contributed by atoms with E-state index in [2.05, 4.69) is 23.8 Å². The summed E-state index contributed by atoms with van der Waals surface area (Å²) in [5, 5.41) is 8.70. The van der Waals surface area contributed by atoms with E-state index in [1.807, 2.05) is 13.8 Å². The van der Waals surface area contributed by atoms with Crippen LogP contribution in [0.5, 0.6) is 0 Å². The van der Waals surface area contributed by atoms with Gasteiger partial charge in [-0.05, 0) is 32.3 Å². The van der Waals surface area contributed by atoms with Gasteiger partial charge in [-0.15, -0.1) is 0 Å². The second-order valence-electron chi connectivity index (χ2n) is 4.43. The van der Waals surface area contributed by atoms with Crippen LogP contribution in [0.1, 0.15) is 55.4 Å². The van der Waals surface area contributed by atoms with Crippen LogP contribution in [-0.2, 0) is 11.2 Å². The third-order valence-electron chi connectivity index (χ3n) is 3.08. The molecule has 1 aromatic rings. The Morgan fingerprint density at radius 2 is 1.82 bits per heavy atom. The second kappa shape index (κ2) is 5.75. The maximum absolute atomic E-state index is 10.6. The molecule has 1 aromatic heterocycles. The first-order chi connectivity index (χ1) is 7.95. The minimum atomic E-state index is -0.783. The van der Waals surface area contributed by atoms with Crippen molar-refractivity contribution in [3.8, 4) is 0 Å². The number of carboxylic acids is 1. The molecule has 4 heteroatoms. The zero-order chi connectivity index (χ0) is 13.0. The molecule has 0 aliphatic carbocycles. The lowest BCUT2D eigenvalue weighted by molar-refractivity contribution is -0.136. The molecule has 0 spiro atoms. The summed E-state index contributed by atoms with van der Waals surface area (Å²) in [6.07, 6.45) is 1.65. The first-order valence-electron chi connectivity index (χ1n) is 6.01. The number of aromatic nitrogens is 2. The molecule has 0 saturated carbocycles. The fourth-order valence-corrected chi connectivity index (χ4v) is 1.76. The molecule has 1 unspecified atom stereocenters. The van der Waals surface area contributed by atoms with Crippen LogP contribution < -0.4 is 0 Å². The van der Waals surface area contributed by atoms with Gasteiger partial charge in [0, 0.05) is 23.7 Å². The van der Waals surface area contributed by atoms with Crippen molar-refractivity contribution in [1.29, 1.82) is 0 Å². The van der Waals surface area contributed by atoms with Crippen LogP contribution in [0.15, 0.2) is 0 Å². The number of aliphatic carboxylic acids is 1. The van der Waals surface area contributed by atoms with Crippen LogP contribution in [0.25, 0.3) is 0 Å². The molecule has 0 saturated heterocycles. The average Bonchev–Trinajstić information content (AvgIpc) is 2.26. The number of carbonyl (C=O) groups is 1. The van der Waals surface area contributed by atoms with E-state index in [1.165, 1.54) is 0 Å². The van der Waals surface area contributed by atoms with Crippen LogP contribution in [0.4, 0.5) is 0 Å². The lowest BCUT2D eigenvalue weighted by Gasteiger charge is -2.13. The minimum absolute atomic E-state index is 0.133. The zero-order valence-electron chi connectivity index (χ0n) is 10.9. The van der Waals surface area contributed by atoms with E-state index in [9.17, 15) is 4.79 Å². The van der Waals surface area contributed by atoms with Crippen molar-refractivity contribution in [3.63, 3.8) is 0 Å². The summed E-state index contributed by atoms with van der Waals surface area (Å²) in [5.74, 6) is 0.428. The highest BCUT2D eigenvalue weighted by molar-refractivity contribution is 5.67. The van der Waals surface area contributed by atoms with Gasteiger partial charge in [0.15, 0.2) is 0 Å². The van der Waals surface area contributed by atoms with Crippen molar-refractivity contribution in [3.05, 3.63) is 22.8 Å². The highest BCUT2D eigenvalue weighted by atomic mass is 16.4. The molecule has 0 amide bonds. The van der Waals surface area contributed by atoms with Gasteiger partial charge < -0.3 is 5.11 Å². The number of nitrogens with zero attached hydrogens (tertiary/aromatic N) is 2.